The molecule has 0 fully saturated rings. The van der Waals surface area contributed by atoms with Crippen LogP contribution in [-0.2, 0) is 0 Å². The Morgan fingerprint density at radius 3 is 1.79 bits per heavy atom. The van der Waals surface area contributed by atoms with Gasteiger partial charge >= 0.3 is 0 Å². The summed E-state index contributed by atoms with van der Waals surface area (Å²) in [4.78, 5) is 2.38. The Hall–Kier alpha value is -7.92. The van der Waals surface area contributed by atoms with E-state index >= 15 is 0 Å². The van der Waals surface area contributed by atoms with Crippen LogP contribution in [-0.4, -0.2) is 0 Å². The molecule has 0 saturated carbocycles. The highest BCUT2D eigenvalue weighted by Gasteiger charge is 2.22. The average molecular weight is 810 g/mol. The Morgan fingerprint density at radius 2 is 0.935 bits per heavy atom. The van der Waals surface area contributed by atoms with E-state index in [-0.39, 0.29) is 0 Å². The van der Waals surface area contributed by atoms with Crippen molar-refractivity contribution in [1.29, 1.82) is 0 Å². The maximum Gasteiger partial charge on any atom is 0.143 e. The van der Waals surface area contributed by atoms with E-state index in [1.54, 1.807) is 0 Å². The number of hydrogen-bond donors (Lipinski definition) is 0. The van der Waals surface area contributed by atoms with Crippen LogP contribution in [0.5, 0.6) is 0 Å². The van der Waals surface area contributed by atoms with Gasteiger partial charge in [-0.25, -0.2) is 0 Å². The molecular weight excluding hydrogens is 775 g/mol. The number of benzene rings is 10. The standard InChI is InChI=1S/C58H35NO2S/c1-2-12-42-37(11-1)27-34-50-49-18-10-17-48(57(49)61-56(42)50)44-13-3-6-20-52(44)59(40-29-23-36(24-30-40)39-28-33-46-45-14-4-7-21-53(45)60-54(46)35-39)41-31-25-38(26-32-41)43-16-9-19-51-47-15-5-8-22-55(47)62-58(43)51/h1-35H. The maximum absolute atomic E-state index is 6.91. The van der Waals surface area contributed by atoms with E-state index < -0.39 is 0 Å². The summed E-state index contributed by atoms with van der Waals surface area (Å²) < 4.78 is 15.8. The summed E-state index contributed by atoms with van der Waals surface area (Å²) >= 11 is 1.87. The van der Waals surface area contributed by atoms with Crippen molar-refractivity contribution in [3.05, 3.63) is 212 Å². The van der Waals surface area contributed by atoms with Crippen LogP contribution in [0.25, 0.3) is 108 Å². The molecule has 0 radical (unpaired) electrons. The van der Waals surface area contributed by atoms with E-state index in [9.17, 15) is 0 Å². The summed E-state index contributed by atoms with van der Waals surface area (Å²) in [5, 5.41) is 9.39. The zero-order valence-electron chi connectivity index (χ0n) is 33.4. The molecule has 0 bridgehead atoms. The third kappa shape index (κ3) is 5.44. The van der Waals surface area contributed by atoms with E-state index in [4.69, 9.17) is 8.83 Å². The minimum Gasteiger partial charge on any atom is -0.456 e. The van der Waals surface area contributed by atoms with Crippen LogP contribution in [0.4, 0.5) is 17.1 Å². The molecule has 0 aliphatic heterocycles. The lowest BCUT2D eigenvalue weighted by molar-refractivity contribution is 0.669. The van der Waals surface area contributed by atoms with Gasteiger partial charge in [-0.2, -0.15) is 0 Å². The van der Waals surface area contributed by atoms with Gasteiger partial charge in [0.1, 0.15) is 22.3 Å². The second kappa shape index (κ2) is 13.8. The fraction of sp³-hybridized carbons (Fsp3) is 0. The Balaban J connectivity index is 0.965. The molecule has 10 aromatic carbocycles. The number of nitrogens with zero attached hydrogens (tertiary/aromatic N) is 1. The molecule has 290 valence electrons. The molecule has 0 aliphatic carbocycles. The van der Waals surface area contributed by atoms with Crippen LogP contribution in [0.3, 0.4) is 0 Å². The third-order valence-electron chi connectivity index (χ3n) is 12.5. The summed E-state index contributed by atoms with van der Waals surface area (Å²) in [6.07, 6.45) is 0. The fourth-order valence-corrected chi connectivity index (χ4v) is 10.8. The Kier molecular flexibility index (Phi) is 7.78. The lowest BCUT2D eigenvalue weighted by Crippen LogP contribution is -2.11. The van der Waals surface area contributed by atoms with Gasteiger partial charge in [-0.15, -0.1) is 11.3 Å². The van der Waals surface area contributed by atoms with Crippen LogP contribution in [0.2, 0.25) is 0 Å². The highest BCUT2D eigenvalue weighted by Crippen LogP contribution is 2.46. The van der Waals surface area contributed by atoms with E-state index in [2.05, 4.69) is 205 Å². The van der Waals surface area contributed by atoms with Gasteiger partial charge in [0.05, 0.1) is 5.69 Å². The first-order chi connectivity index (χ1) is 30.7. The molecule has 0 atom stereocenters. The number of anilines is 3. The van der Waals surface area contributed by atoms with Crippen molar-refractivity contribution >= 4 is 103 Å². The van der Waals surface area contributed by atoms with E-state index in [0.29, 0.717) is 0 Å². The van der Waals surface area contributed by atoms with Crippen LogP contribution in [0.1, 0.15) is 0 Å². The minimum atomic E-state index is 0.884. The van der Waals surface area contributed by atoms with Crippen molar-refractivity contribution in [2.75, 3.05) is 4.90 Å². The maximum atomic E-state index is 6.91. The van der Waals surface area contributed by atoms with Crippen molar-refractivity contribution in [2.45, 2.75) is 0 Å². The number of hydrogen-bond acceptors (Lipinski definition) is 4. The molecule has 4 heteroatoms. The van der Waals surface area contributed by atoms with Gasteiger partial charge in [0.15, 0.2) is 0 Å². The lowest BCUT2D eigenvalue weighted by atomic mass is 9.98. The molecule has 0 saturated heterocycles. The highest BCUT2D eigenvalue weighted by atomic mass is 32.1. The topological polar surface area (TPSA) is 29.5 Å². The largest absolute Gasteiger partial charge is 0.456 e. The quantitative estimate of drug-likeness (QED) is 0.168. The predicted molar refractivity (Wildman–Crippen MR) is 262 cm³/mol. The number of para-hydroxylation sites is 3. The molecule has 0 amide bonds. The molecule has 0 spiro atoms. The predicted octanol–water partition coefficient (Wildman–Crippen LogP) is 17.5. The monoisotopic (exact) mass is 809 g/mol. The van der Waals surface area contributed by atoms with Crippen molar-refractivity contribution in [3.63, 3.8) is 0 Å². The highest BCUT2D eigenvalue weighted by molar-refractivity contribution is 7.26. The Morgan fingerprint density at radius 1 is 0.339 bits per heavy atom. The lowest BCUT2D eigenvalue weighted by Gasteiger charge is -2.28. The Labute approximate surface area is 360 Å². The molecule has 3 aromatic heterocycles. The molecule has 3 nitrogen and oxygen atoms in total. The smallest absolute Gasteiger partial charge is 0.143 e. The molecule has 62 heavy (non-hydrogen) atoms. The first kappa shape index (κ1) is 34.9. The fourth-order valence-electron chi connectivity index (χ4n) is 9.53. The molecular formula is C58H35NO2S. The number of furan rings is 2. The molecule has 13 rings (SSSR count). The van der Waals surface area contributed by atoms with Crippen molar-refractivity contribution < 1.29 is 8.83 Å². The molecule has 3 heterocycles. The second-order valence-electron chi connectivity index (χ2n) is 16.0. The molecule has 0 aliphatic rings. The molecule has 0 N–H and O–H groups in total. The number of rotatable bonds is 6. The molecule has 0 unspecified atom stereocenters. The summed E-state index contributed by atoms with van der Waals surface area (Å²) in [5.74, 6) is 0. The molecule has 13 aromatic rings. The van der Waals surface area contributed by atoms with Crippen LogP contribution < -0.4 is 4.90 Å². The summed E-state index contributed by atoms with van der Waals surface area (Å²) in [7, 11) is 0. The summed E-state index contributed by atoms with van der Waals surface area (Å²) in [5.41, 5.74) is 13.6. The SMILES string of the molecule is c1ccc(N(c2ccc(-c3ccc4c(c3)oc3ccccc34)cc2)c2ccc(-c3cccc4c3sc3ccccc34)cc2)c(-c2cccc3c2oc2c4ccccc4ccc32)c1. The average Bonchev–Trinajstić information content (AvgIpc) is 4.04. The van der Waals surface area contributed by atoms with Crippen LogP contribution in [0, 0.1) is 0 Å². The first-order valence-electron chi connectivity index (χ1n) is 21.0. The van der Waals surface area contributed by atoms with E-state index in [1.807, 2.05) is 23.5 Å². The van der Waals surface area contributed by atoms with Gasteiger partial charge in [0.25, 0.3) is 0 Å². The Bertz CT molecular complexity index is 3870. The second-order valence-corrected chi connectivity index (χ2v) is 17.0. The number of thiophene rings is 1. The van der Waals surface area contributed by atoms with E-state index in [1.165, 1.54) is 36.7 Å². The van der Waals surface area contributed by atoms with Crippen LogP contribution >= 0.6 is 11.3 Å². The van der Waals surface area contributed by atoms with Gasteiger partial charge in [-0.3, -0.25) is 0 Å². The van der Waals surface area contributed by atoms with E-state index in [0.717, 1.165) is 88.6 Å². The van der Waals surface area contributed by atoms with Crippen molar-refractivity contribution in [3.8, 4) is 33.4 Å². The van der Waals surface area contributed by atoms with Crippen molar-refractivity contribution in [2.24, 2.45) is 0 Å². The van der Waals surface area contributed by atoms with Crippen LogP contribution in [0.15, 0.2) is 221 Å². The first-order valence-corrected chi connectivity index (χ1v) is 21.8. The van der Waals surface area contributed by atoms with Gasteiger partial charge in [-0.1, -0.05) is 152 Å². The third-order valence-corrected chi connectivity index (χ3v) is 13.7. The summed E-state index contributed by atoms with van der Waals surface area (Å²) in [6.45, 7) is 0. The van der Waals surface area contributed by atoms with Gasteiger partial charge in [0.2, 0.25) is 0 Å². The normalized spacial score (nSPS) is 11.9. The minimum absolute atomic E-state index is 0.884. The van der Waals surface area contributed by atoms with Crippen molar-refractivity contribution in [1.82, 2.24) is 0 Å². The van der Waals surface area contributed by atoms with Gasteiger partial charge < -0.3 is 13.7 Å². The zero-order valence-corrected chi connectivity index (χ0v) is 34.2. The summed E-state index contributed by atoms with van der Waals surface area (Å²) in [6, 6.07) is 76.2. The van der Waals surface area contributed by atoms with Gasteiger partial charge in [0, 0.05) is 69.6 Å². The number of fused-ring (bicyclic) bond motifs is 11. The zero-order chi connectivity index (χ0) is 40.7. The van der Waals surface area contributed by atoms with Gasteiger partial charge in [-0.05, 0) is 88.3 Å².